The molecule has 3 fully saturated rings. The maximum atomic E-state index is 13.4. The molecule has 0 heterocycles. The zero-order valence-corrected chi connectivity index (χ0v) is 15.6. The molecule has 5 nitrogen and oxygen atoms in total. The van der Waals surface area contributed by atoms with Gasteiger partial charge in [-0.15, -0.1) is 0 Å². The van der Waals surface area contributed by atoms with Crippen LogP contribution >= 0.6 is 0 Å². The molecule has 144 valence electrons. The molecule has 4 rings (SSSR count). The summed E-state index contributed by atoms with van der Waals surface area (Å²) in [5.41, 5.74) is 0.0282. The second kappa shape index (κ2) is 5.98. The number of fused-ring (bicyclic) bond motifs is 5. The van der Waals surface area contributed by atoms with E-state index in [1.165, 1.54) is 0 Å². The number of ketones is 2. The van der Waals surface area contributed by atoms with E-state index in [4.69, 9.17) is 0 Å². The van der Waals surface area contributed by atoms with E-state index < -0.39 is 17.6 Å². The Hall–Kier alpha value is -1.04. The molecule has 0 spiro atoms. The third-order valence-corrected chi connectivity index (χ3v) is 8.49. The minimum Gasteiger partial charge on any atom is -0.394 e. The lowest BCUT2D eigenvalue weighted by atomic mass is 9.45. The summed E-state index contributed by atoms with van der Waals surface area (Å²) in [6, 6.07) is 0. The number of carbonyl (C=O) groups excluding carboxylic acids is 2. The molecular formula is C21H30O5. The van der Waals surface area contributed by atoms with Crippen LogP contribution < -0.4 is 0 Å². The molecule has 3 saturated carbocycles. The molecule has 0 bridgehead atoms. The van der Waals surface area contributed by atoms with Gasteiger partial charge in [0, 0.05) is 24.2 Å². The van der Waals surface area contributed by atoms with Crippen molar-refractivity contribution < 1.29 is 24.9 Å². The summed E-state index contributed by atoms with van der Waals surface area (Å²) in [5, 5.41) is 30.5. The van der Waals surface area contributed by atoms with E-state index in [9.17, 15) is 24.9 Å². The number of Topliss-reactive ketones (excluding diaryl/α,β-unsaturated/α-hetero) is 1. The molecule has 4 aliphatic carbocycles. The van der Waals surface area contributed by atoms with E-state index >= 15 is 0 Å². The van der Waals surface area contributed by atoms with E-state index in [2.05, 4.69) is 6.92 Å². The molecule has 2 unspecified atom stereocenters. The van der Waals surface area contributed by atoms with Crippen molar-refractivity contribution in [3.8, 4) is 0 Å². The quantitative estimate of drug-likeness (QED) is 0.694. The Bertz CT molecular complexity index is 669. The van der Waals surface area contributed by atoms with Crippen LogP contribution in [0.5, 0.6) is 0 Å². The molecule has 0 aromatic heterocycles. The third-order valence-electron chi connectivity index (χ3n) is 8.49. The predicted octanol–water partition coefficient (Wildman–Crippen LogP) is 1.64. The van der Waals surface area contributed by atoms with E-state index in [1.807, 2.05) is 6.92 Å². The highest BCUT2D eigenvalue weighted by atomic mass is 16.3. The highest BCUT2D eigenvalue weighted by Gasteiger charge is 2.64. The van der Waals surface area contributed by atoms with Gasteiger partial charge in [-0.2, -0.15) is 0 Å². The first kappa shape index (κ1) is 18.3. The fourth-order valence-electron chi connectivity index (χ4n) is 7.22. The minimum atomic E-state index is -0.795. The van der Waals surface area contributed by atoms with Gasteiger partial charge in [0.15, 0.2) is 5.78 Å². The molecule has 5 heteroatoms. The molecule has 0 aromatic rings. The van der Waals surface area contributed by atoms with Crippen molar-refractivity contribution in [2.75, 3.05) is 6.61 Å². The second-order valence-electron chi connectivity index (χ2n) is 9.51. The Balaban J connectivity index is 1.73. The fraction of sp³-hybridized carbons (Fsp3) is 0.810. The summed E-state index contributed by atoms with van der Waals surface area (Å²) < 4.78 is 0. The van der Waals surface area contributed by atoms with Crippen LogP contribution in [0.15, 0.2) is 11.6 Å². The van der Waals surface area contributed by atoms with Gasteiger partial charge in [0.2, 0.25) is 0 Å². The van der Waals surface area contributed by atoms with Gasteiger partial charge in [0.25, 0.3) is 0 Å². The summed E-state index contributed by atoms with van der Waals surface area (Å²) in [6.07, 6.45) is 4.01. The molecule has 0 aliphatic heterocycles. The Morgan fingerprint density at radius 2 is 1.96 bits per heavy atom. The maximum absolute atomic E-state index is 13.4. The molecular weight excluding hydrogens is 332 g/mol. The van der Waals surface area contributed by atoms with Gasteiger partial charge >= 0.3 is 0 Å². The number of carbonyl (C=O) groups is 2. The molecule has 0 aromatic carbocycles. The Morgan fingerprint density at radius 3 is 2.65 bits per heavy atom. The van der Waals surface area contributed by atoms with Crippen LogP contribution in [-0.4, -0.2) is 45.7 Å². The molecule has 26 heavy (non-hydrogen) atoms. The fourth-order valence-corrected chi connectivity index (χ4v) is 7.22. The van der Waals surface area contributed by atoms with E-state index in [1.54, 1.807) is 6.08 Å². The Kier molecular flexibility index (Phi) is 4.22. The normalized spacial score (nSPS) is 49.1. The molecule has 8 atom stereocenters. The number of aliphatic hydroxyl groups is 3. The third kappa shape index (κ3) is 2.26. The number of hydrogen-bond donors (Lipinski definition) is 3. The van der Waals surface area contributed by atoms with Gasteiger partial charge in [0.1, 0.15) is 5.78 Å². The van der Waals surface area contributed by atoms with Crippen molar-refractivity contribution in [2.45, 2.75) is 64.6 Å². The zero-order chi connectivity index (χ0) is 18.9. The standard InChI is InChI=1S/C21H30O5/c1-20-9-16(24)19-13(14(20)5-6-15(20)17(25)10-22)4-3-11-7-12(23)8-18(26)21(11,19)2/h7,13-15,17-19,22,25-26H,3-6,8-10H2,1-2H3/t13-,14-,15+,17?,18?,19+,20-,21+/m0/s1. The SMILES string of the molecule is C[C@]12CC(=O)[C@H]3[C@@H](CCC4=CC(=O)CC(O)[C@@]43C)[C@@H]1CC[C@@H]2C(O)CO. The minimum absolute atomic E-state index is 0.0384. The highest BCUT2D eigenvalue weighted by molar-refractivity contribution is 5.93. The van der Waals surface area contributed by atoms with Gasteiger partial charge in [0.05, 0.1) is 18.8 Å². The zero-order valence-electron chi connectivity index (χ0n) is 15.6. The monoisotopic (exact) mass is 362 g/mol. The first-order valence-corrected chi connectivity index (χ1v) is 9.97. The summed E-state index contributed by atoms with van der Waals surface area (Å²) >= 11 is 0. The van der Waals surface area contributed by atoms with Crippen molar-refractivity contribution >= 4 is 11.6 Å². The first-order valence-electron chi connectivity index (χ1n) is 9.97. The summed E-state index contributed by atoms with van der Waals surface area (Å²) in [5.74, 6) is 0.330. The van der Waals surface area contributed by atoms with E-state index in [0.717, 1.165) is 31.3 Å². The number of rotatable bonds is 2. The van der Waals surface area contributed by atoms with Crippen LogP contribution in [0, 0.1) is 34.5 Å². The Labute approximate surface area is 154 Å². The van der Waals surface area contributed by atoms with Gasteiger partial charge < -0.3 is 15.3 Å². The van der Waals surface area contributed by atoms with Crippen LogP contribution in [-0.2, 0) is 9.59 Å². The summed E-state index contributed by atoms with van der Waals surface area (Å²) in [7, 11) is 0. The molecule has 0 radical (unpaired) electrons. The number of hydrogen-bond acceptors (Lipinski definition) is 5. The van der Waals surface area contributed by atoms with Crippen molar-refractivity contribution in [3.63, 3.8) is 0 Å². The lowest BCUT2D eigenvalue weighted by Crippen LogP contribution is -2.59. The highest BCUT2D eigenvalue weighted by Crippen LogP contribution is 2.65. The molecule has 0 saturated heterocycles. The summed E-state index contributed by atoms with van der Waals surface area (Å²) in [4.78, 5) is 25.3. The smallest absolute Gasteiger partial charge is 0.158 e. The molecule has 3 N–H and O–H groups in total. The van der Waals surface area contributed by atoms with Crippen LogP contribution in [0.4, 0.5) is 0 Å². The van der Waals surface area contributed by atoms with Crippen LogP contribution in [0.25, 0.3) is 0 Å². The van der Waals surface area contributed by atoms with Crippen LogP contribution in [0.3, 0.4) is 0 Å². The van der Waals surface area contributed by atoms with E-state index in [0.29, 0.717) is 12.3 Å². The number of aliphatic hydroxyl groups excluding tert-OH is 3. The van der Waals surface area contributed by atoms with Gasteiger partial charge in [-0.3, -0.25) is 9.59 Å². The average Bonchev–Trinajstić information content (AvgIpc) is 2.92. The van der Waals surface area contributed by atoms with Crippen LogP contribution in [0.2, 0.25) is 0 Å². The van der Waals surface area contributed by atoms with E-state index in [-0.39, 0.29) is 47.8 Å². The average molecular weight is 362 g/mol. The lowest BCUT2D eigenvalue weighted by Gasteiger charge is -2.58. The van der Waals surface area contributed by atoms with Crippen molar-refractivity contribution in [2.24, 2.45) is 34.5 Å². The second-order valence-corrected chi connectivity index (χ2v) is 9.51. The lowest BCUT2D eigenvalue weighted by molar-refractivity contribution is -0.156. The Morgan fingerprint density at radius 1 is 1.23 bits per heavy atom. The van der Waals surface area contributed by atoms with Gasteiger partial charge in [-0.05, 0) is 54.9 Å². The van der Waals surface area contributed by atoms with Gasteiger partial charge in [-0.1, -0.05) is 19.4 Å². The van der Waals surface area contributed by atoms with Crippen molar-refractivity contribution in [3.05, 3.63) is 11.6 Å². The maximum Gasteiger partial charge on any atom is 0.158 e. The summed E-state index contributed by atoms with van der Waals surface area (Å²) in [6.45, 7) is 3.82. The van der Waals surface area contributed by atoms with Gasteiger partial charge in [-0.25, -0.2) is 0 Å². The predicted molar refractivity (Wildman–Crippen MR) is 95.1 cm³/mol. The first-order chi connectivity index (χ1) is 12.2. The van der Waals surface area contributed by atoms with Crippen LogP contribution in [0.1, 0.15) is 52.4 Å². The topological polar surface area (TPSA) is 94.8 Å². The van der Waals surface area contributed by atoms with Crippen molar-refractivity contribution in [1.29, 1.82) is 0 Å². The molecule has 4 aliphatic rings. The molecule has 0 amide bonds. The van der Waals surface area contributed by atoms with Crippen molar-refractivity contribution in [1.82, 2.24) is 0 Å². The largest absolute Gasteiger partial charge is 0.394 e.